The summed E-state index contributed by atoms with van der Waals surface area (Å²) in [4.78, 5) is 23.9. The van der Waals surface area contributed by atoms with E-state index in [4.69, 9.17) is 9.47 Å². The monoisotopic (exact) mass is 298 g/mol. The van der Waals surface area contributed by atoms with E-state index in [1.807, 2.05) is 6.92 Å². The second kappa shape index (κ2) is 6.43. The number of carbonyl (C=O) groups is 2. The van der Waals surface area contributed by atoms with Gasteiger partial charge in [0.2, 0.25) is 0 Å². The quantitative estimate of drug-likeness (QED) is 0.627. The van der Waals surface area contributed by atoms with Gasteiger partial charge in [0, 0.05) is 16.7 Å². The fourth-order valence-corrected chi connectivity index (χ4v) is 2.38. The molecule has 0 atom stereocenters. The van der Waals surface area contributed by atoms with E-state index in [0.29, 0.717) is 33.8 Å². The molecule has 2 aromatic carbocycles. The smallest absolute Gasteiger partial charge is 0.193 e. The summed E-state index contributed by atoms with van der Waals surface area (Å²) in [5.41, 5.74) is 3.10. The Bertz CT molecular complexity index is 732. The van der Waals surface area contributed by atoms with Gasteiger partial charge in [-0.25, -0.2) is 0 Å². The van der Waals surface area contributed by atoms with Crippen molar-refractivity contribution >= 4 is 12.1 Å². The van der Waals surface area contributed by atoms with Crippen LogP contribution in [-0.2, 0) is 0 Å². The zero-order valence-corrected chi connectivity index (χ0v) is 13.1. The van der Waals surface area contributed by atoms with E-state index >= 15 is 0 Å². The molecule has 0 saturated carbocycles. The molecule has 0 fully saturated rings. The van der Waals surface area contributed by atoms with Gasteiger partial charge in [-0.05, 0) is 55.3 Å². The number of rotatable bonds is 5. The minimum absolute atomic E-state index is 0.148. The van der Waals surface area contributed by atoms with Crippen molar-refractivity contribution in [2.75, 3.05) is 14.2 Å². The molecule has 0 spiro atoms. The summed E-state index contributed by atoms with van der Waals surface area (Å²) in [5, 5.41) is 0. The molecule has 22 heavy (non-hydrogen) atoms. The molecule has 0 aliphatic rings. The summed E-state index contributed by atoms with van der Waals surface area (Å²) in [6.07, 6.45) is 0.772. The first-order chi connectivity index (χ1) is 10.5. The Hall–Kier alpha value is -2.62. The van der Waals surface area contributed by atoms with E-state index in [1.165, 1.54) is 7.11 Å². The van der Waals surface area contributed by atoms with Gasteiger partial charge in [-0.3, -0.25) is 9.59 Å². The van der Waals surface area contributed by atoms with Crippen LogP contribution in [0.3, 0.4) is 0 Å². The van der Waals surface area contributed by atoms with E-state index in [-0.39, 0.29) is 5.78 Å². The normalized spacial score (nSPS) is 10.2. The summed E-state index contributed by atoms with van der Waals surface area (Å²) in [5.74, 6) is 0.910. The molecule has 0 radical (unpaired) electrons. The summed E-state index contributed by atoms with van der Waals surface area (Å²) in [7, 11) is 3.06. The van der Waals surface area contributed by atoms with Crippen LogP contribution in [0.15, 0.2) is 30.3 Å². The van der Waals surface area contributed by atoms with Gasteiger partial charge in [0.25, 0.3) is 0 Å². The molecule has 0 aliphatic carbocycles. The Morgan fingerprint density at radius 2 is 1.68 bits per heavy atom. The Kier molecular flexibility index (Phi) is 4.61. The van der Waals surface area contributed by atoms with Crippen LogP contribution in [0.4, 0.5) is 0 Å². The van der Waals surface area contributed by atoms with Crippen LogP contribution in [0.5, 0.6) is 11.5 Å². The molecule has 0 aliphatic heterocycles. The fourth-order valence-electron chi connectivity index (χ4n) is 2.38. The molecule has 0 N–H and O–H groups in total. The Balaban J connectivity index is 2.53. The van der Waals surface area contributed by atoms with Gasteiger partial charge in [-0.15, -0.1) is 0 Å². The number of ether oxygens (including phenoxy) is 2. The van der Waals surface area contributed by atoms with Crippen LogP contribution in [-0.4, -0.2) is 26.3 Å². The third-order valence-electron chi connectivity index (χ3n) is 3.61. The lowest BCUT2D eigenvalue weighted by molar-refractivity contribution is 0.103. The lowest BCUT2D eigenvalue weighted by atomic mass is 9.94. The van der Waals surface area contributed by atoms with Crippen LogP contribution in [0.1, 0.15) is 37.4 Å². The molecule has 0 amide bonds. The average molecular weight is 298 g/mol. The Morgan fingerprint density at radius 1 is 1.00 bits per heavy atom. The first-order valence-corrected chi connectivity index (χ1v) is 6.85. The molecule has 2 rings (SSSR count). The standard InChI is InChI=1S/C18H18O4/c1-11-7-14(10-19)12(2)15(8-11)18(20)13-5-6-16(21-3)17(9-13)22-4/h5-10H,1-4H3. The van der Waals surface area contributed by atoms with Crippen molar-refractivity contribution in [3.8, 4) is 11.5 Å². The maximum atomic E-state index is 12.7. The van der Waals surface area contributed by atoms with Crippen molar-refractivity contribution in [1.82, 2.24) is 0 Å². The summed E-state index contributed by atoms with van der Waals surface area (Å²) in [6.45, 7) is 3.63. The molecule has 4 nitrogen and oxygen atoms in total. The number of aryl methyl sites for hydroxylation is 1. The summed E-state index contributed by atoms with van der Waals surface area (Å²) >= 11 is 0. The maximum Gasteiger partial charge on any atom is 0.193 e. The Morgan fingerprint density at radius 3 is 2.27 bits per heavy atom. The number of hydrogen-bond acceptors (Lipinski definition) is 4. The van der Waals surface area contributed by atoms with Crippen molar-refractivity contribution in [3.05, 3.63) is 58.1 Å². The Labute approximate surface area is 129 Å². The topological polar surface area (TPSA) is 52.6 Å². The lowest BCUT2D eigenvalue weighted by Crippen LogP contribution is -2.07. The number of hydrogen-bond donors (Lipinski definition) is 0. The lowest BCUT2D eigenvalue weighted by Gasteiger charge is -2.11. The minimum atomic E-state index is -0.148. The molecule has 0 unspecified atom stereocenters. The molecule has 0 heterocycles. The van der Waals surface area contributed by atoms with Crippen LogP contribution in [0.25, 0.3) is 0 Å². The second-order valence-electron chi connectivity index (χ2n) is 5.04. The summed E-state index contributed by atoms with van der Waals surface area (Å²) < 4.78 is 10.4. The van der Waals surface area contributed by atoms with Crippen molar-refractivity contribution in [3.63, 3.8) is 0 Å². The van der Waals surface area contributed by atoms with Crippen LogP contribution in [0, 0.1) is 13.8 Å². The molecule has 0 bridgehead atoms. The first-order valence-electron chi connectivity index (χ1n) is 6.85. The molecular weight excluding hydrogens is 280 g/mol. The third-order valence-corrected chi connectivity index (χ3v) is 3.61. The largest absolute Gasteiger partial charge is 0.493 e. The first kappa shape index (κ1) is 15.8. The highest BCUT2D eigenvalue weighted by atomic mass is 16.5. The van der Waals surface area contributed by atoms with Gasteiger partial charge in [0.05, 0.1) is 14.2 Å². The molecule has 2 aromatic rings. The van der Waals surface area contributed by atoms with Gasteiger partial charge in [-0.2, -0.15) is 0 Å². The minimum Gasteiger partial charge on any atom is -0.493 e. The predicted molar refractivity (Wildman–Crippen MR) is 84.3 cm³/mol. The van der Waals surface area contributed by atoms with Crippen molar-refractivity contribution in [2.24, 2.45) is 0 Å². The van der Waals surface area contributed by atoms with Gasteiger partial charge in [-0.1, -0.05) is 0 Å². The molecular formula is C18H18O4. The zero-order valence-electron chi connectivity index (χ0n) is 13.1. The molecule has 4 heteroatoms. The number of carbonyl (C=O) groups excluding carboxylic acids is 2. The van der Waals surface area contributed by atoms with Crippen molar-refractivity contribution in [2.45, 2.75) is 13.8 Å². The van der Waals surface area contributed by atoms with Crippen LogP contribution < -0.4 is 9.47 Å². The highest BCUT2D eigenvalue weighted by Gasteiger charge is 2.16. The van der Waals surface area contributed by atoms with Crippen molar-refractivity contribution < 1.29 is 19.1 Å². The predicted octanol–water partition coefficient (Wildman–Crippen LogP) is 3.36. The van der Waals surface area contributed by atoms with E-state index in [1.54, 1.807) is 44.4 Å². The number of benzene rings is 2. The average Bonchev–Trinajstić information content (AvgIpc) is 2.55. The van der Waals surface area contributed by atoms with Crippen LogP contribution in [0.2, 0.25) is 0 Å². The van der Waals surface area contributed by atoms with Gasteiger partial charge >= 0.3 is 0 Å². The van der Waals surface area contributed by atoms with Gasteiger partial charge in [0.1, 0.15) is 6.29 Å². The second-order valence-corrected chi connectivity index (χ2v) is 5.04. The number of aldehydes is 1. The van der Waals surface area contributed by atoms with Gasteiger partial charge in [0.15, 0.2) is 17.3 Å². The third kappa shape index (κ3) is 2.86. The fraction of sp³-hybridized carbons (Fsp3) is 0.222. The number of ketones is 1. The molecule has 114 valence electrons. The van der Waals surface area contributed by atoms with E-state index < -0.39 is 0 Å². The van der Waals surface area contributed by atoms with E-state index in [2.05, 4.69) is 0 Å². The zero-order chi connectivity index (χ0) is 16.3. The van der Waals surface area contributed by atoms with Crippen molar-refractivity contribution in [1.29, 1.82) is 0 Å². The van der Waals surface area contributed by atoms with Crippen LogP contribution >= 0.6 is 0 Å². The SMILES string of the molecule is COc1ccc(C(=O)c2cc(C)cc(C=O)c2C)cc1OC. The maximum absolute atomic E-state index is 12.7. The molecule has 0 aromatic heterocycles. The summed E-state index contributed by atoms with van der Waals surface area (Å²) in [6, 6.07) is 8.59. The van der Waals surface area contributed by atoms with Gasteiger partial charge < -0.3 is 9.47 Å². The molecule has 0 saturated heterocycles. The highest BCUT2D eigenvalue weighted by molar-refractivity contribution is 6.11. The van der Waals surface area contributed by atoms with E-state index in [0.717, 1.165) is 11.8 Å². The highest BCUT2D eigenvalue weighted by Crippen LogP contribution is 2.29. The number of methoxy groups -OCH3 is 2. The van der Waals surface area contributed by atoms with E-state index in [9.17, 15) is 9.59 Å².